The lowest BCUT2D eigenvalue weighted by Gasteiger charge is -2.29. The number of nitrogens with one attached hydrogen (secondary N) is 2. The highest BCUT2D eigenvalue weighted by molar-refractivity contribution is 8.14. The highest BCUT2D eigenvalue weighted by Gasteiger charge is 2.39. The molecule has 6 nitrogen and oxygen atoms in total. The highest BCUT2D eigenvalue weighted by atomic mass is 32.2. The number of thioether (sulfide) groups is 1. The Labute approximate surface area is 209 Å². The molecule has 1 aromatic heterocycles. The Morgan fingerprint density at radius 3 is 2.53 bits per heavy atom. The van der Waals surface area contributed by atoms with Gasteiger partial charge in [0.15, 0.2) is 0 Å². The average molecular weight is 495 g/mol. The molecule has 0 bridgehead atoms. The molecule has 2 N–H and O–H groups in total. The Balaban J connectivity index is 1.82. The van der Waals surface area contributed by atoms with Crippen LogP contribution in [0.3, 0.4) is 0 Å². The number of amides is 2. The largest absolute Gasteiger partial charge is 0.355 e. The van der Waals surface area contributed by atoms with Crippen LogP contribution in [0.5, 0.6) is 0 Å². The summed E-state index contributed by atoms with van der Waals surface area (Å²) in [5, 5.41) is 18.5. The molecule has 0 spiro atoms. The molecule has 2 amide bonds. The van der Waals surface area contributed by atoms with Gasteiger partial charge in [0.05, 0.1) is 16.9 Å². The monoisotopic (exact) mass is 494 g/mol. The van der Waals surface area contributed by atoms with E-state index in [0.29, 0.717) is 28.5 Å². The number of para-hydroxylation sites is 1. The summed E-state index contributed by atoms with van der Waals surface area (Å²) in [6, 6.07) is 15.4. The molecule has 0 saturated carbocycles. The van der Waals surface area contributed by atoms with Crippen molar-refractivity contribution in [2.24, 2.45) is 16.3 Å². The van der Waals surface area contributed by atoms with Crippen LogP contribution in [0.4, 0.5) is 5.69 Å². The van der Waals surface area contributed by atoms with Gasteiger partial charge in [-0.2, -0.15) is 5.26 Å². The zero-order valence-corrected chi connectivity index (χ0v) is 21.6. The molecular weight excluding hydrogens is 464 g/mol. The fraction of sp³-hybridized carbons (Fsp3) is 0.385. The van der Waals surface area contributed by atoms with Gasteiger partial charge in [-0.1, -0.05) is 56.8 Å². The minimum atomic E-state index is -0.647. The van der Waals surface area contributed by atoms with Crippen molar-refractivity contribution in [2.75, 3.05) is 17.6 Å². The molecule has 2 heterocycles. The Kier molecular flexibility index (Phi) is 8.70. The standard InChI is InChI=1S/C26H30N4O2S2/c1-17-22(24(32)30-18-9-6-5-7-10-18)23(20-11-8-14-33-20)19(15-27)25(29-17)34-16-21(31)28-13-12-26(2,3)4/h5-11,14,19,23H,12-13,16H2,1-4H3,(H,28,31)(H,30,32). The van der Waals surface area contributed by atoms with Crippen molar-refractivity contribution in [2.45, 2.75) is 40.0 Å². The van der Waals surface area contributed by atoms with Gasteiger partial charge in [-0.25, -0.2) is 4.99 Å². The molecule has 0 saturated heterocycles. The molecule has 178 valence electrons. The van der Waals surface area contributed by atoms with Crippen LogP contribution in [0.15, 0.2) is 64.1 Å². The lowest BCUT2D eigenvalue weighted by molar-refractivity contribution is -0.118. The van der Waals surface area contributed by atoms with Gasteiger partial charge >= 0.3 is 0 Å². The van der Waals surface area contributed by atoms with Gasteiger partial charge in [-0.15, -0.1) is 11.3 Å². The predicted molar refractivity (Wildman–Crippen MR) is 141 cm³/mol. The molecule has 0 fully saturated rings. The molecule has 1 aromatic carbocycles. The molecule has 2 aromatic rings. The van der Waals surface area contributed by atoms with E-state index in [1.165, 1.54) is 23.1 Å². The molecule has 2 atom stereocenters. The second-order valence-electron chi connectivity index (χ2n) is 9.32. The number of nitriles is 1. The van der Waals surface area contributed by atoms with E-state index in [4.69, 9.17) is 0 Å². The minimum absolute atomic E-state index is 0.0874. The van der Waals surface area contributed by atoms with E-state index in [1.54, 1.807) is 6.92 Å². The number of allylic oxidation sites excluding steroid dienone is 1. The van der Waals surface area contributed by atoms with Crippen LogP contribution in [-0.2, 0) is 9.59 Å². The molecule has 2 unspecified atom stereocenters. The highest BCUT2D eigenvalue weighted by Crippen LogP contribution is 2.43. The fourth-order valence-corrected chi connectivity index (χ4v) is 5.47. The maximum Gasteiger partial charge on any atom is 0.254 e. The summed E-state index contributed by atoms with van der Waals surface area (Å²) in [5.74, 6) is -1.27. The molecule has 3 rings (SSSR count). The Morgan fingerprint density at radius 2 is 1.91 bits per heavy atom. The quantitative estimate of drug-likeness (QED) is 0.525. The first-order chi connectivity index (χ1) is 16.2. The number of nitrogens with zero attached hydrogens (tertiary/aromatic N) is 2. The summed E-state index contributed by atoms with van der Waals surface area (Å²) in [6.07, 6.45) is 0.882. The minimum Gasteiger partial charge on any atom is -0.355 e. The first kappa shape index (κ1) is 25.7. The zero-order chi connectivity index (χ0) is 24.7. The SMILES string of the molecule is CC1=C(C(=O)Nc2ccccc2)C(c2cccs2)C(C#N)C(SCC(=O)NCCC(C)(C)C)=N1. The first-order valence-corrected chi connectivity index (χ1v) is 13.0. The van der Waals surface area contributed by atoms with Crippen molar-refractivity contribution in [3.05, 3.63) is 64.0 Å². The summed E-state index contributed by atoms with van der Waals surface area (Å²) >= 11 is 2.78. The van der Waals surface area contributed by atoms with Gasteiger partial charge in [0.25, 0.3) is 5.91 Å². The number of benzene rings is 1. The number of hydrogen-bond acceptors (Lipinski definition) is 6. The van der Waals surface area contributed by atoms with Crippen LogP contribution >= 0.6 is 23.1 Å². The van der Waals surface area contributed by atoms with Crippen LogP contribution < -0.4 is 10.6 Å². The van der Waals surface area contributed by atoms with Gasteiger partial charge in [0, 0.05) is 34.3 Å². The third kappa shape index (κ3) is 6.81. The smallest absolute Gasteiger partial charge is 0.254 e. The van der Waals surface area contributed by atoms with Gasteiger partial charge in [0.2, 0.25) is 5.91 Å². The Bertz CT molecular complexity index is 1110. The second kappa shape index (κ2) is 11.5. The summed E-state index contributed by atoms with van der Waals surface area (Å²) in [4.78, 5) is 31.2. The molecule has 8 heteroatoms. The van der Waals surface area contributed by atoms with Crippen molar-refractivity contribution in [1.82, 2.24) is 5.32 Å². The van der Waals surface area contributed by atoms with Crippen LogP contribution in [0, 0.1) is 22.7 Å². The fourth-order valence-electron chi connectivity index (χ4n) is 3.65. The van der Waals surface area contributed by atoms with Gasteiger partial charge in [-0.05, 0) is 42.3 Å². The number of carbonyl (C=O) groups is 2. The maximum atomic E-state index is 13.3. The normalized spacial score (nSPS) is 18.1. The van der Waals surface area contributed by atoms with Crippen molar-refractivity contribution < 1.29 is 9.59 Å². The maximum absolute atomic E-state index is 13.3. The lowest BCUT2D eigenvalue weighted by Crippen LogP contribution is -2.32. The molecule has 0 aliphatic carbocycles. The van der Waals surface area contributed by atoms with Crippen molar-refractivity contribution in [1.29, 1.82) is 5.26 Å². The van der Waals surface area contributed by atoms with E-state index in [2.05, 4.69) is 42.5 Å². The van der Waals surface area contributed by atoms with Crippen LogP contribution in [0.2, 0.25) is 0 Å². The molecular formula is C26H30N4O2S2. The molecule has 34 heavy (non-hydrogen) atoms. The van der Waals surface area contributed by atoms with Crippen LogP contribution in [-0.4, -0.2) is 29.2 Å². The van der Waals surface area contributed by atoms with E-state index in [9.17, 15) is 14.9 Å². The average Bonchev–Trinajstić information content (AvgIpc) is 3.31. The molecule has 0 radical (unpaired) electrons. The predicted octanol–water partition coefficient (Wildman–Crippen LogP) is 5.58. The number of thiophene rings is 1. The van der Waals surface area contributed by atoms with E-state index in [1.807, 2.05) is 47.8 Å². The number of rotatable bonds is 7. The van der Waals surface area contributed by atoms with E-state index in [0.717, 1.165) is 11.3 Å². The lowest BCUT2D eigenvalue weighted by atomic mass is 9.82. The topological polar surface area (TPSA) is 94.4 Å². The van der Waals surface area contributed by atoms with Crippen LogP contribution in [0.25, 0.3) is 0 Å². The first-order valence-electron chi connectivity index (χ1n) is 11.2. The van der Waals surface area contributed by atoms with E-state index < -0.39 is 11.8 Å². The van der Waals surface area contributed by atoms with Gasteiger partial charge in [0.1, 0.15) is 5.92 Å². The summed E-state index contributed by atoms with van der Waals surface area (Å²) in [7, 11) is 0. The third-order valence-electron chi connectivity index (χ3n) is 5.39. The van der Waals surface area contributed by atoms with E-state index in [-0.39, 0.29) is 23.0 Å². The number of hydrogen-bond donors (Lipinski definition) is 2. The summed E-state index contributed by atoms with van der Waals surface area (Å²) in [6.45, 7) is 8.80. The van der Waals surface area contributed by atoms with Gasteiger partial charge < -0.3 is 10.6 Å². The zero-order valence-electron chi connectivity index (χ0n) is 19.9. The number of anilines is 1. The van der Waals surface area contributed by atoms with Crippen molar-refractivity contribution in [3.63, 3.8) is 0 Å². The summed E-state index contributed by atoms with van der Waals surface area (Å²) in [5.41, 5.74) is 1.87. The molecule has 1 aliphatic rings. The van der Waals surface area contributed by atoms with Gasteiger partial charge in [-0.3, -0.25) is 9.59 Å². The number of aliphatic imine (C=N–C) groups is 1. The van der Waals surface area contributed by atoms with E-state index >= 15 is 0 Å². The third-order valence-corrected chi connectivity index (χ3v) is 7.39. The number of carbonyl (C=O) groups excluding carboxylic acids is 2. The molecule has 1 aliphatic heterocycles. The second-order valence-corrected chi connectivity index (χ2v) is 11.3. The Hall–Kier alpha value is -2.89. The summed E-state index contributed by atoms with van der Waals surface area (Å²) < 4.78 is 0. The van der Waals surface area contributed by atoms with Crippen molar-refractivity contribution >= 4 is 45.6 Å². The van der Waals surface area contributed by atoms with Crippen molar-refractivity contribution in [3.8, 4) is 6.07 Å². The Morgan fingerprint density at radius 1 is 1.18 bits per heavy atom. The van der Waals surface area contributed by atoms with Crippen LogP contribution in [0.1, 0.15) is 44.9 Å².